The summed E-state index contributed by atoms with van der Waals surface area (Å²) in [6.45, 7) is 1.83. The van der Waals surface area contributed by atoms with Gasteiger partial charge in [-0.2, -0.15) is 0 Å². The molecule has 4 atom stereocenters. The number of imide groups is 1. The van der Waals surface area contributed by atoms with Gasteiger partial charge in [-0.15, -0.1) is 0 Å². The fourth-order valence-corrected chi connectivity index (χ4v) is 5.46. The zero-order chi connectivity index (χ0) is 21.6. The van der Waals surface area contributed by atoms with E-state index in [4.69, 9.17) is 11.6 Å². The number of amides is 3. The van der Waals surface area contributed by atoms with E-state index < -0.39 is 0 Å². The summed E-state index contributed by atoms with van der Waals surface area (Å²) in [6, 6.07) is 11.8. The van der Waals surface area contributed by atoms with Crippen LogP contribution in [0.5, 0.6) is 0 Å². The lowest BCUT2D eigenvalue weighted by atomic mass is 9.81. The molecule has 1 heterocycles. The van der Waals surface area contributed by atoms with Crippen LogP contribution in [0.1, 0.15) is 28.8 Å². The van der Waals surface area contributed by atoms with Crippen LogP contribution in [0.3, 0.4) is 0 Å². The minimum Gasteiger partial charge on any atom is -0.322 e. The first-order valence-electron chi connectivity index (χ1n) is 9.60. The highest BCUT2D eigenvalue weighted by Crippen LogP contribution is 2.44. The Hall–Kier alpha value is -1.70. The highest BCUT2D eigenvalue weighted by molar-refractivity contribution is 9.12. The van der Waals surface area contributed by atoms with Gasteiger partial charge in [-0.05, 0) is 61.7 Å². The number of carbonyl (C=O) groups is 3. The summed E-state index contributed by atoms with van der Waals surface area (Å²) in [4.78, 5) is 40.0. The van der Waals surface area contributed by atoms with Crippen molar-refractivity contribution < 1.29 is 14.4 Å². The maximum Gasteiger partial charge on any atom is 0.255 e. The number of alkyl halides is 2. The van der Waals surface area contributed by atoms with Gasteiger partial charge in [-0.3, -0.25) is 19.3 Å². The molecule has 1 aliphatic heterocycles. The summed E-state index contributed by atoms with van der Waals surface area (Å²) in [5, 5.41) is 3.42. The lowest BCUT2D eigenvalue weighted by molar-refractivity contribution is -0.122. The third-order valence-corrected chi connectivity index (χ3v) is 8.96. The third-order valence-electron chi connectivity index (χ3n) is 5.82. The predicted molar refractivity (Wildman–Crippen MR) is 125 cm³/mol. The minimum atomic E-state index is -0.301. The summed E-state index contributed by atoms with van der Waals surface area (Å²) < 4.78 is 0. The lowest BCUT2D eigenvalue weighted by Crippen LogP contribution is -2.34. The molecule has 2 fully saturated rings. The molecule has 8 heteroatoms. The summed E-state index contributed by atoms with van der Waals surface area (Å²) >= 11 is 13.3. The SMILES string of the molecule is Cc1c(Cl)cccc1NC(=O)c1ccc(N2C(=O)[C@@H]3C[C@H](Br)[C@@H](Br)C[C@H]3C2=O)cc1. The second kappa shape index (κ2) is 8.44. The van der Waals surface area contributed by atoms with Crippen LogP contribution < -0.4 is 10.2 Å². The van der Waals surface area contributed by atoms with Crippen molar-refractivity contribution in [2.45, 2.75) is 29.4 Å². The predicted octanol–water partition coefficient (Wildman–Crippen LogP) is 5.33. The molecule has 2 aromatic rings. The van der Waals surface area contributed by atoms with Crippen molar-refractivity contribution in [3.63, 3.8) is 0 Å². The molecule has 2 aromatic carbocycles. The summed E-state index contributed by atoms with van der Waals surface area (Å²) in [6.07, 6.45) is 1.25. The Morgan fingerprint density at radius 3 is 2.13 bits per heavy atom. The summed E-state index contributed by atoms with van der Waals surface area (Å²) in [5.41, 5.74) is 2.34. The van der Waals surface area contributed by atoms with Gasteiger partial charge in [0.1, 0.15) is 0 Å². The molecule has 0 spiro atoms. The van der Waals surface area contributed by atoms with Crippen LogP contribution in [0.4, 0.5) is 11.4 Å². The molecule has 1 aliphatic carbocycles. The molecule has 5 nitrogen and oxygen atoms in total. The molecular weight excluding hydrogens is 536 g/mol. The van der Waals surface area contributed by atoms with Crippen molar-refractivity contribution in [2.24, 2.45) is 11.8 Å². The maximum atomic E-state index is 12.9. The average molecular weight is 555 g/mol. The molecule has 0 aromatic heterocycles. The molecule has 3 amide bonds. The van der Waals surface area contributed by atoms with Crippen LogP contribution in [0.2, 0.25) is 5.02 Å². The van der Waals surface area contributed by atoms with Crippen LogP contribution in [0, 0.1) is 18.8 Å². The van der Waals surface area contributed by atoms with Crippen LogP contribution >= 0.6 is 43.5 Å². The Morgan fingerprint density at radius 2 is 1.57 bits per heavy atom. The van der Waals surface area contributed by atoms with E-state index in [1.54, 1.807) is 42.5 Å². The molecular formula is C22H19Br2ClN2O3. The van der Waals surface area contributed by atoms with Crippen molar-refractivity contribution in [3.05, 3.63) is 58.6 Å². The number of anilines is 2. The normalized spacial score (nSPS) is 25.9. The monoisotopic (exact) mass is 552 g/mol. The Morgan fingerprint density at radius 1 is 1.00 bits per heavy atom. The standard InChI is InChI=1S/C22H19Br2ClN2O3/c1-11-18(25)3-2-4-19(11)26-20(28)12-5-7-13(8-6-12)27-21(29)14-9-16(23)17(24)10-15(14)22(27)30/h2-8,14-17H,9-10H2,1H3,(H,26,28)/t14-,15-,16+,17+/m1/s1. The van der Waals surface area contributed by atoms with Gasteiger partial charge in [-0.25, -0.2) is 0 Å². The number of rotatable bonds is 3. The van der Waals surface area contributed by atoms with Crippen LogP contribution in [-0.4, -0.2) is 27.4 Å². The number of hydrogen-bond acceptors (Lipinski definition) is 3. The van der Waals surface area contributed by atoms with Gasteiger partial charge >= 0.3 is 0 Å². The number of benzene rings is 2. The van der Waals surface area contributed by atoms with Crippen LogP contribution in [-0.2, 0) is 9.59 Å². The second-order valence-corrected chi connectivity index (χ2v) is 10.4. The molecule has 0 unspecified atom stereocenters. The van der Waals surface area contributed by atoms with Gasteiger partial charge in [0.2, 0.25) is 11.8 Å². The number of carbonyl (C=O) groups excluding carboxylic acids is 3. The molecule has 1 N–H and O–H groups in total. The fourth-order valence-electron chi connectivity index (χ4n) is 4.05. The van der Waals surface area contributed by atoms with Gasteiger partial charge in [-0.1, -0.05) is 49.5 Å². The fraction of sp³-hybridized carbons (Fsp3) is 0.318. The third kappa shape index (κ3) is 3.83. The minimum absolute atomic E-state index is 0.163. The Kier molecular flexibility index (Phi) is 6.06. The van der Waals surface area contributed by atoms with E-state index in [1.165, 1.54) is 4.90 Å². The first-order valence-corrected chi connectivity index (χ1v) is 11.8. The number of hydrogen-bond donors (Lipinski definition) is 1. The van der Waals surface area contributed by atoms with Gasteiger partial charge < -0.3 is 5.32 Å². The molecule has 156 valence electrons. The maximum absolute atomic E-state index is 12.9. The number of nitrogens with one attached hydrogen (secondary N) is 1. The Balaban J connectivity index is 1.52. The van der Waals surface area contributed by atoms with E-state index in [0.717, 1.165) is 5.56 Å². The van der Waals surface area contributed by atoms with Crippen molar-refractivity contribution >= 4 is 72.6 Å². The van der Waals surface area contributed by atoms with E-state index in [1.807, 2.05) is 6.92 Å². The van der Waals surface area contributed by atoms with E-state index in [2.05, 4.69) is 37.2 Å². The van der Waals surface area contributed by atoms with Crippen molar-refractivity contribution in [1.82, 2.24) is 0 Å². The zero-order valence-electron chi connectivity index (χ0n) is 16.1. The number of halogens is 3. The highest BCUT2D eigenvalue weighted by atomic mass is 79.9. The molecule has 1 saturated heterocycles. The number of nitrogens with zero attached hydrogens (tertiary/aromatic N) is 1. The van der Waals surface area contributed by atoms with Crippen molar-refractivity contribution in [3.8, 4) is 0 Å². The van der Waals surface area contributed by atoms with E-state index in [0.29, 0.717) is 34.8 Å². The molecule has 4 rings (SSSR count). The van der Waals surface area contributed by atoms with Crippen LogP contribution in [0.15, 0.2) is 42.5 Å². The van der Waals surface area contributed by atoms with E-state index in [9.17, 15) is 14.4 Å². The average Bonchev–Trinajstić information content (AvgIpc) is 2.96. The van der Waals surface area contributed by atoms with Crippen LogP contribution in [0.25, 0.3) is 0 Å². The van der Waals surface area contributed by atoms with E-state index in [-0.39, 0.29) is 39.2 Å². The molecule has 2 aliphatic rings. The summed E-state index contributed by atoms with van der Waals surface area (Å²) in [5.74, 6) is -1.22. The second-order valence-electron chi connectivity index (χ2n) is 7.64. The van der Waals surface area contributed by atoms with Gasteiger partial charge in [0.15, 0.2) is 0 Å². The summed E-state index contributed by atoms with van der Waals surface area (Å²) in [7, 11) is 0. The molecule has 0 radical (unpaired) electrons. The Bertz CT molecular complexity index is 1000. The smallest absolute Gasteiger partial charge is 0.255 e. The number of fused-ring (bicyclic) bond motifs is 1. The quantitative estimate of drug-likeness (QED) is 0.412. The molecule has 0 bridgehead atoms. The molecule has 1 saturated carbocycles. The zero-order valence-corrected chi connectivity index (χ0v) is 20.0. The highest BCUT2D eigenvalue weighted by Gasteiger charge is 2.52. The first-order chi connectivity index (χ1) is 14.3. The largest absolute Gasteiger partial charge is 0.322 e. The van der Waals surface area contributed by atoms with Gasteiger partial charge in [0.05, 0.1) is 17.5 Å². The molecule has 30 heavy (non-hydrogen) atoms. The lowest BCUT2D eigenvalue weighted by Gasteiger charge is -2.29. The Labute approximate surface area is 196 Å². The topological polar surface area (TPSA) is 66.5 Å². The van der Waals surface area contributed by atoms with Gasteiger partial charge in [0, 0.05) is 25.9 Å². The van der Waals surface area contributed by atoms with Crippen molar-refractivity contribution in [1.29, 1.82) is 0 Å². The van der Waals surface area contributed by atoms with E-state index >= 15 is 0 Å². The first kappa shape index (κ1) is 21.5. The van der Waals surface area contributed by atoms with Crippen molar-refractivity contribution in [2.75, 3.05) is 10.2 Å². The van der Waals surface area contributed by atoms with Gasteiger partial charge in [0.25, 0.3) is 5.91 Å².